The van der Waals surface area contributed by atoms with Crippen LogP contribution in [-0.4, -0.2) is 45.0 Å². The molecule has 3 aromatic rings. The summed E-state index contributed by atoms with van der Waals surface area (Å²) in [6.07, 6.45) is 3.33. The Kier molecular flexibility index (Phi) is 4.36. The molecule has 1 fully saturated rings. The predicted molar refractivity (Wildman–Crippen MR) is 94.2 cm³/mol. The van der Waals surface area contributed by atoms with E-state index in [-0.39, 0.29) is 11.7 Å². The number of hydrogen-bond acceptors (Lipinski definition) is 6. The maximum atomic E-state index is 13.7. The monoisotopic (exact) mass is 372 g/mol. The van der Waals surface area contributed by atoms with Crippen molar-refractivity contribution in [2.75, 3.05) is 18.5 Å². The van der Waals surface area contributed by atoms with Gasteiger partial charge in [0, 0.05) is 18.7 Å². The molecular formula is C18H17FN4O4. The quantitative estimate of drug-likeness (QED) is 0.711. The Morgan fingerprint density at radius 2 is 2.33 bits per heavy atom. The third kappa shape index (κ3) is 3.28. The molecule has 0 amide bonds. The molecule has 1 aromatic carbocycles. The minimum atomic E-state index is -1.05. The van der Waals surface area contributed by atoms with Crippen LogP contribution in [0.25, 0.3) is 5.52 Å². The number of ether oxygens (including phenoxy) is 2. The molecule has 0 saturated carbocycles. The van der Waals surface area contributed by atoms with Crippen molar-refractivity contribution in [1.82, 2.24) is 14.6 Å². The number of aryl methyl sites for hydroxylation is 1. The van der Waals surface area contributed by atoms with E-state index in [1.165, 1.54) is 29.2 Å². The Hall–Kier alpha value is -3.20. The number of rotatable bonds is 5. The number of fused-ring (bicyclic) bond motifs is 1. The number of nitrogens with one attached hydrogen (secondary N) is 1. The molecule has 3 heterocycles. The van der Waals surface area contributed by atoms with Gasteiger partial charge in [-0.15, -0.1) is 0 Å². The molecule has 0 bridgehead atoms. The van der Waals surface area contributed by atoms with E-state index < -0.39 is 11.8 Å². The maximum Gasteiger partial charge on any atom is 0.337 e. The van der Waals surface area contributed by atoms with Crippen molar-refractivity contribution in [3.05, 3.63) is 47.7 Å². The SMILES string of the molecule is Cc1c(C(=O)O)cn2ncnc(Nc3ccc(F)cc3O[C@H]3CCOC3)c12. The van der Waals surface area contributed by atoms with E-state index >= 15 is 0 Å². The Morgan fingerprint density at radius 1 is 1.48 bits per heavy atom. The molecule has 1 saturated heterocycles. The lowest BCUT2D eigenvalue weighted by Crippen LogP contribution is -2.16. The van der Waals surface area contributed by atoms with Gasteiger partial charge in [-0.2, -0.15) is 5.10 Å². The number of aromatic carboxylic acids is 1. The summed E-state index contributed by atoms with van der Waals surface area (Å²) in [5.41, 5.74) is 1.70. The highest BCUT2D eigenvalue weighted by Crippen LogP contribution is 2.32. The van der Waals surface area contributed by atoms with Crippen LogP contribution in [-0.2, 0) is 4.74 Å². The number of carboxylic acids is 1. The van der Waals surface area contributed by atoms with E-state index in [1.807, 2.05) is 0 Å². The topological polar surface area (TPSA) is 98.0 Å². The first kappa shape index (κ1) is 17.2. The first-order valence-electron chi connectivity index (χ1n) is 8.40. The van der Waals surface area contributed by atoms with Crippen LogP contribution in [0.3, 0.4) is 0 Å². The minimum absolute atomic E-state index is 0.136. The van der Waals surface area contributed by atoms with Gasteiger partial charge in [-0.1, -0.05) is 0 Å². The molecule has 0 spiro atoms. The molecule has 0 unspecified atom stereocenters. The maximum absolute atomic E-state index is 13.7. The predicted octanol–water partition coefficient (Wildman–Crippen LogP) is 2.79. The lowest BCUT2D eigenvalue weighted by molar-refractivity contribution is 0.0696. The zero-order valence-corrected chi connectivity index (χ0v) is 14.5. The summed E-state index contributed by atoms with van der Waals surface area (Å²) >= 11 is 0. The van der Waals surface area contributed by atoms with Crippen LogP contribution in [0.5, 0.6) is 5.75 Å². The summed E-state index contributed by atoms with van der Waals surface area (Å²) in [6, 6.07) is 4.16. The smallest absolute Gasteiger partial charge is 0.337 e. The third-order valence-electron chi connectivity index (χ3n) is 4.44. The molecular weight excluding hydrogens is 355 g/mol. The fourth-order valence-electron chi connectivity index (χ4n) is 3.08. The highest BCUT2D eigenvalue weighted by Gasteiger charge is 2.21. The van der Waals surface area contributed by atoms with E-state index in [9.17, 15) is 14.3 Å². The number of carboxylic acid groups (broad SMARTS) is 1. The van der Waals surface area contributed by atoms with Gasteiger partial charge < -0.3 is 19.9 Å². The second-order valence-electron chi connectivity index (χ2n) is 6.24. The van der Waals surface area contributed by atoms with Crippen molar-refractivity contribution < 1.29 is 23.8 Å². The van der Waals surface area contributed by atoms with Gasteiger partial charge in [0.2, 0.25) is 0 Å². The first-order valence-corrected chi connectivity index (χ1v) is 8.40. The van der Waals surface area contributed by atoms with Gasteiger partial charge >= 0.3 is 5.97 Å². The van der Waals surface area contributed by atoms with Gasteiger partial charge in [-0.25, -0.2) is 18.7 Å². The molecule has 140 valence electrons. The molecule has 1 aliphatic rings. The van der Waals surface area contributed by atoms with Crippen molar-refractivity contribution in [3.8, 4) is 5.75 Å². The van der Waals surface area contributed by atoms with Crippen LogP contribution in [0.1, 0.15) is 22.3 Å². The van der Waals surface area contributed by atoms with Gasteiger partial charge in [0.05, 0.1) is 24.5 Å². The average molecular weight is 372 g/mol. The fourth-order valence-corrected chi connectivity index (χ4v) is 3.08. The van der Waals surface area contributed by atoms with Crippen LogP contribution in [0.15, 0.2) is 30.7 Å². The lowest BCUT2D eigenvalue weighted by atomic mass is 10.2. The van der Waals surface area contributed by atoms with E-state index in [4.69, 9.17) is 9.47 Å². The molecule has 0 radical (unpaired) electrons. The summed E-state index contributed by atoms with van der Waals surface area (Å²) < 4.78 is 26.4. The Balaban J connectivity index is 1.73. The van der Waals surface area contributed by atoms with Crippen molar-refractivity contribution in [2.45, 2.75) is 19.4 Å². The summed E-state index contributed by atoms with van der Waals surface area (Å²) in [6.45, 7) is 2.75. The molecule has 27 heavy (non-hydrogen) atoms. The normalized spacial score (nSPS) is 16.6. The first-order chi connectivity index (χ1) is 13.0. The van der Waals surface area contributed by atoms with E-state index in [0.717, 1.165) is 6.42 Å². The second kappa shape index (κ2) is 6.84. The summed E-state index contributed by atoms with van der Waals surface area (Å²) in [4.78, 5) is 15.6. The molecule has 9 heteroatoms. The van der Waals surface area contributed by atoms with E-state index in [2.05, 4.69) is 15.4 Å². The van der Waals surface area contributed by atoms with Gasteiger partial charge in [-0.3, -0.25) is 0 Å². The van der Waals surface area contributed by atoms with Crippen LogP contribution >= 0.6 is 0 Å². The molecule has 1 aliphatic heterocycles. The third-order valence-corrected chi connectivity index (χ3v) is 4.44. The number of aromatic nitrogens is 3. The standard InChI is InChI=1S/C18H17FN4O4/c1-10-13(18(24)25)7-23-16(10)17(20-9-21-23)22-14-3-2-11(19)6-15(14)27-12-4-5-26-8-12/h2-3,6-7,9,12H,4-5,8H2,1H3,(H,24,25)(H,20,21,22)/t12-/m0/s1. The summed E-state index contributed by atoms with van der Waals surface area (Å²) in [7, 11) is 0. The summed E-state index contributed by atoms with van der Waals surface area (Å²) in [5.74, 6) is -0.732. The zero-order chi connectivity index (χ0) is 19.0. The van der Waals surface area contributed by atoms with Crippen molar-refractivity contribution in [2.24, 2.45) is 0 Å². The minimum Gasteiger partial charge on any atom is -0.486 e. The largest absolute Gasteiger partial charge is 0.486 e. The Morgan fingerprint density at radius 3 is 3.07 bits per heavy atom. The number of halogens is 1. The molecule has 0 aliphatic carbocycles. The van der Waals surface area contributed by atoms with Crippen LogP contribution < -0.4 is 10.1 Å². The van der Waals surface area contributed by atoms with Crippen LogP contribution in [0.4, 0.5) is 15.9 Å². The van der Waals surface area contributed by atoms with E-state index in [1.54, 1.807) is 13.0 Å². The lowest BCUT2D eigenvalue weighted by Gasteiger charge is -2.17. The average Bonchev–Trinajstić information content (AvgIpc) is 3.26. The van der Waals surface area contributed by atoms with Crippen molar-refractivity contribution in [1.29, 1.82) is 0 Å². The van der Waals surface area contributed by atoms with Crippen LogP contribution in [0, 0.1) is 12.7 Å². The van der Waals surface area contributed by atoms with E-state index in [0.29, 0.717) is 41.5 Å². The molecule has 2 N–H and O–H groups in total. The number of anilines is 2. The molecule has 1 atom stereocenters. The highest BCUT2D eigenvalue weighted by atomic mass is 19.1. The number of nitrogens with zero attached hydrogens (tertiary/aromatic N) is 3. The zero-order valence-electron chi connectivity index (χ0n) is 14.5. The highest BCUT2D eigenvalue weighted by molar-refractivity contribution is 5.94. The molecule has 4 rings (SSSR count). The second-order valence-corrected chi connectivity index (χ2v) is 6.24. The van der Waals surface area contributed by atoms with Crippen molar-refractivity contribution in [3.63, 3.8) is 0 Å². The Bertz CT molecular complexity index is 1010. The number of benzene rings is 1. The Labute approximate surface area is 153 Å². The molecule has 8 nitrogen and oxygen atoms in total. The number of carbonyl (C=O) groups is 1. The van der Waals surface area contributed by atoms with Gasteiger partial charge in [0.1, 0.15) is 29.5 Å². The van der Waals surface area contributed by atoms with Crippen LogP contribution in [0.2, 0.25) is 0 Å². The molecule has 2 aromatic heterocycles. The van der Waals surface area contributed by atoms with Crippen molar-refractivity contribution >= 4 is 23.0 Å². The van der Waals surface area contributed by atoms with Gasteiger partial charge in [0.25, 0.3) is 0 Å². The van der Waals surface area contributed by atoms with Gasteiger partial charge in [0.15, 0.2) is 5.82 Å². The fraction of sp³-hybridized carbons (Fsp3) is 0.278. The van der Waals surface area contributed by atoms with Gasteiger partial charge in [-0.05, 0) is 24.6 Å². The number of hydrogen-bond donors (Lipinski definition) is 2. The summed E-state index contributed by atoms with van der Waals surface area (Å²) in [5, 5.41) is 16.5.